The van der Waals surface area contributed by atoms with Gasteiger partial charge in [-0.25, -0.2) is 10.8 Å². The third kappa shape index (κ3) is 3.66. The van der Waals surface area contributed by atoms with E-state index < -0.39 is 0 Å². The summed E-state index contributed by atoms with van der Waals surface area (Å²) in [5, 5.41) is 2.85. The van der Waals surface area contributed by atoms with Crippen LogP contribution in [0.5, 0.6) is 0 Å². The molecular formula is C6H10ClN3OS. The highest BCUT2D eigenvalue weighted by molar-refractivity contribution is 7.09. The smallest absolute Gasteiger partial charge is 0.234 e. The number of carbonyl (C=O) groups is 1. The topological polar surface area (TPSA) is 68.0 Å². The van der Waals surface area contributed by atoms with Crippen LogP contribution in [-0.4, -0.2) is 10.9 Å². The van der Waals surface area contributed by atoms with Crippen LogP contribution >= 0.6 is 23.7 Å². The molecule has 0 saturated heterocycles. The number of carbonyl (C=O) groups excluding carboxylic acids is 1. The predicted octanol–water partition coefficient (Wildman–Crippen LogP) is 0.487. The normalized spacial score (nSPS) is 8.75. The minimum absolute atomic E-state index is 0. The molecular weight excluding hydrogens is 198 g/mol. The lowest BCUT2D eigenvalue weighted by Crippen LogP contribution is -2.30. The maximum Gasteiger partial charge on any atom is 0.234 e. The number of hydrogen-bond donors (Lipinski definition) is 2. The molecule has 0 unspecified atom stereocenters. The SMILES string of the molecule is Cl.NNC(=O)CCc1nccs1. The zero-order chi connectivity index (χ0) is 8.10. The molecule has 1 aromatic heterocycles. The van der Waals surface area contributed by atoms with E-state index in [0.717, 1.165) is 5.01 Å². The van der Waals surface area contributed by atoms with Crippen LogP contribution in [0.15, 0.2) is 11.6 Å². The van der Waals surface area contributed by atoms with Gasteiger partial charge in [-0.3, -0.25) is 10.2 Å². The Kier molecular flexibility index (Phi) is 5.61. The number of rotatable bonds is 3. The van der Waals surface area contributed by atoms with Gasteiger partial charge < -0.3 is 0 Å². The molecule has 0 atom stereocenters. The summed E-state index contributed by atoms with van der Waals surface area (Å²) in [6, 6.07) is 0. The van der Waals surface area contributed by atoms with Crippen LogP contribution in [0.25, 0.3) is 0 Å². The molecule has 0 aromatic carbocycles. The summed E-state index contributed by atoms with van der Waals surface area (Å²) in [4.78, 5) is 14.7. The van der Waals surface area contributed by atoms with E-state index in [1.165, 1.54) is 0 Å². The van der Waals surface area contributed by atoms with Crippen LogP contribution < -0.4 is 11.3 Å². The molecule has 6 heteroatoms. The first-order valence-electron chi connectivity index (χ1n) is 3.20. The van der Waals surface area contributed by atoms with E-state index in [-0.39, 0.29) is 18.3 Å². The van der Waals surface area contributed by atoms with Gasteiger partial charge in [-0.2, -0.15) is 0 Å². The third-order valence-electron chi connectivity index (χ3n) is 1.21. The highest BCUT2D eigenvalue weighted by atomic mass is 35.5. The van der Waals surface area contributed by atoms with Crippen molar-refractivity contribution in [2.45, 2.75) is 12.8 Å². The lowest BCUT2D eigenvalue weighted by atomic mass is 10.3. The molecule has 1 rings (SSSR count). The maximum atomic E-state index is 10.6. The molecule has 0 radical (unpaired) electrons. The molecule has 0 saturated carbocycles. The minimum atomic E-state index is -0.153. The van der Waals surface area contributed by atoms with E-state index in [9.17, 15) is 4.79 Å². The van der Waals surface area contributed by atoms with Crippen molar-refractivity contribution in [3.63, 3.8) is 0 Å². The number of hydrogen-bond acceptors (Lipinski definition) is 4. The Bertz CT molecular complexity index is 227. The van der Waals surface area contributed by atoms with Crippen LogP contribution in [0.4, 0.5) is 0 Å². The monoisotopic (exact) mass is 207 g/mol. The summed E-state index contributed by atoms with van der Waals surface area (Å²) >= 11 is 1.54. The number of halogens is 1. The molecule has 4 nitrogen and oxygen atoms in total. The number of nitrogens with one attached hydrogen (secondary N) is 1. The second-order valence-corrected chi connectivity index (χ2v) is 2.97. The van der Waals surface area contributed by atoms with Crippen LogP contribution in [0.1, 0.15) is 11.4 Å². The fourth-order valence-electron chi connectivity index (χ4n) is 0.669. The first kappa shape index (κ1) is 11.4. The standard InChI is InChI=1S/C6H9N3OS.ClH/c7-9-5(10)1-2-6-8-3-4-11-6;/h3-4H,1-2,7H2,(H,9,10);1H. The molecule has 0 aliphatic rings. The number of amides is 1. The maximum absolute atomic E-state index is 10.6. The molecule has 1 heterocycles. The second kappa shape index (κ2) is 5.93. The van der Waals surface area contributed by atoms with Gasteiger partial charge >= 0.3 is 0 Å². The predicted molar refractivity (Wildman–Crippen MR) is 50.0 cm³/mol. The highest BCUT2D eigenvalue weighted by Gasteiger charge is 2.00. The lowest BCUT2D eigenvalue weighted by molar-refractivity contribution is -0.121. The largest absolute Gasteiger partial charge is 0.294 e. The number of hydrazine groups is 1. The Labute approximate surface area is 80.6 Å². The Balaban J connectivity index is 0.00000121. The first-order valence-corrected chi connectivity index (χ1v) is 4.08. The van der Waals surface area contributed by atoms with Gasteiger partial charge in [-0.1, -0.05) is 0 Å². The second-order valence-electron chi connectivity index (χ2n) is 1.99. The minimum Gasteiger partial charge on any atom is -0.294 e. The molecule has 1 aromatic rings. The molecule has 1 amide bonds. The Hall–Kier alpha value is -0.650. The zero-order valence-corrected chi connectivity index (χ0v) is 7.95. The zero-order valence-electron chi connectivity index (χ0n) is 6.32. The van der Waals surface area contributed by atoms with Crippen LogP contribution in [0.2, 0.25) is 0 Å². The van der Waals surface area contributed by atoms with Crippen LogP contribution in [0, 0.1) is 0 Å². The number of aromatic nitrogens is 1. The number of aryl methyl sites for hydroxylation is 1. The number of nitrogens with zero attached hydrogens (tertiary/aromatic N) is 1. The summed E-state index contributed by atoms with van der Waals surface area (Å²) in [5.41, 5.74) is 2.07. The average Bonchev–Trinajstić information content (AvgIpc) is 2.52. The van der Waals surface area contributed by atoms with E-state index in [4.69, 9.17) is 5.84 Å². The third-order valence-corrected chi connectivity index (χ3v) is 2.05. The van der Waals surface area contributed by atoms with E-state index in [0.29, 0.717) is 12.8 Å². The summed E-state index contributed by atoms with van der Waals surface area (Å²) in [7, 11) is 0. The molecule has 3 N–H and O–H groups in total. The Morgan fingerprint density at radius 3 is 3.00 bits per heavy atom. The van der Waals surface area contributed by atoms with Gasteiger partial charge in [0.2, 0.25) is 5.91 Å². The first-order chi connectivity index (χ1) is 5.33. The molecule has 0 aliphatic heterocycles. The van der Waals surface area contributed by atoms with Crippen LogP contribution in [-0.2, 0) is 11.2 Å². The summed E-state index contributed by atoms with van der Waals surface area (Å²) in [6.07, 6.45) is 2.80. The Morgan fingerprint density at radius 1 is 1.75 bits per heavy atom. The Morgan fingerprint density at radius 2 is 2.50 bits per heavy atom. The quantitative estimate of drug-likeness (QED) is 0.431. The van der Waals surface area contributed by atoms with E-state index in [2.05, 4.69) is 10.4 Å². The molecule has 0 bridgehead atoms. The van der Waals surface area contributed by atoms with Crippen molar-refractivity contribution in [1.29, 1.82) is 0 Å². The molecule has 68 valence electrons. The summed E-state index contributed by atoms with van der Waals surface area (Å²) in [5.74, 6) is 4.74. The van der Waals surface area contributed by atoms with Crippen molar-refractivity contribution >= 4 is 29.7 Å². The van der Waals surface area contributed by atoms with Gasteiger partial charge in [0.05, 0.1) is 5.01 Å². The van der Waals surface area contributed by atoms with Crippen molar-refractivity contribution in [2.24, 2.45) is 5.84 Å². The van der Waals surface area contributed by atoms with Gasteiger partial charge in [0.1, 0.15) is 0 Å². The van der Waals surface area contributed by atoms with Crippen molar-refractivity contribution in [3.8, 4) is 0 Å². The van der Waals surface area contributed by atoms with E-state index in [1.54, 1.807) is 17.5 Å². The van der Waals surface area contributed by atoms with E-state index in [1.807, 2.05) is 5.38 Å². The van der Waals surface area contributed by atoms with E-state index >= 15 is 0 Å². The van der Waals surface area contributed by atoms with Gasteiger partial charge in [-0.05, 0) is 0 Å². The highest BCUT2D eigenvalue weighted by Crippen LogP contribution is 2.05. The van der Waals surface area contributed by atoms with Crippen molar-refractivity contribution in [2.75, 3.05) is 0 Å². The number of thiazole rings is 1. The fourth-order valence-corrected chi connectivity index (χ4v) is 1.29. The molecule has 0 fully saturated rings. The van der Waals surface area contributed by atoms with Crippen LogP contribution in [0.3, 0.4) is 0 Å². The fraction of sp³-hybridized carbons (Fsp3) is 0.333. The summed E-state index contributed by atoms with van der Waals surface area (Å²) in [6.45, 7) is 0. The average molecular weight is 208 g/mol. The number of nitrogens with two attached hydrogens (primary N) is 1. The molecule has 0 aliphatic carbocycles. The van der Waals surface area contributed by atoms with Crippen molar-refractivity contribution in [3.05, 3.63) is 16.6 Å². The summed E-state index contributed by atoms with van der Waals surface area (Å²) < 4.78 is 0. The van der Waals surface area contributed by atoms with Crippen molar-refractivity contribution < 1.29 is 4.79 Å². The van der Waals surface area contributed by atoms with Gasteiger partial charge in [0.25, 0.3) is 0 Å². The lowest BCUT2D eigenvalue weighted by Gasteiger charge is -1.94. The van der Waals surface area contributed by atoms with Gasteiger partial charge in [-0.15, -0.1) is 23.7 Å². The molecule has 12 heavy (non-hydrogen) atoms. The van der Waals surface area contributed by atoms with Gasteiger partial charge in [0.15, 0.2) is 0 Å². The van der Waals surface area contributed by atoms with Crippen molar-refractivity contribution in [1.82, 2.24) is 10.4 Å². The molecule has 0 spiro atoms. The van der Waals surface area contributed by atoms with Gasteiger partial charge in [0, 0.05) is 24.4 Å².